The molecule has 0 atom stereocenters. The summed E-state index contributed by atoms with van der Waals surface area (Å²) < 4.78 is 0. The molecule has 2 aromatic rings. The van der Waals surface area contributed by atoms with Crippen LogP contribution in [0.5, 0.6) is 0 Å². The van der Waals surface area contributed by atoms with Crippen molar-refractivity contribution in [1.29, 1.82) is 0 Å². The maximum absolute atomic E-state index is 12.3. The normalized spacial score (nSPS) is 10.3. The molecule has 20 heavy (non-hydrogen) atoms. The number of carbonyl (C=O) groups is 1. The molecule has 2 heterocycles. The third kappa shape index (κ3) is 3.54. The van der Waals surface area contributed by atoms with Crippen LogP contribution in [0.3, 0.4) is 0 Å². The number of anilines is 1. The number of nitrogens with one attached hydrogen (secondary N) is 1. The molecule has 0 aliphatic rings. The average molecular weight is 290 g/mol. The molecule has 0 saturated heterocycles. The summed E-state index contributed by atoms with van der Waals surface area (Å²) in [6.45, 7) is 5.28. The monoisotopic (exact) mass is 290 g/mol. The van der Waals surface area contributed by atoms with Gasteiger partial charge in [-0.2, -0.15) is 0 Å². The molecule has 1 N–H and O–H groups in total. The summed E-state index contributed by atoms with van der Waals surface area (Å²) in [5.41, 5.74) is 1.50. The van der Waals surface area contributed by atoms with E-state index in [4.69, 9.17) is 0 Å². The van der Waals surface area contributed by atoms with Gasteiger partial charge in [0.1, 0.15) is 5.82 Å². The summed E-state index contributed by atoms with van der Waals surface area (Å²) in [6.07, 6.45) is 1.60. The van der Waals surface area contributed by atoms with Gasteiger partial charge in [0.15, 0.2) is 0 Å². The van der Waals surface area contributed by atoms with Crippen LogP contribution in [0.4, 0.5) is 5.82 Å². The zero-order valence-electron chi connectivity index (χ0n) is 11.9. The van der Waals surface area contributed by atoms with E-state index in [9.17, 15) is 4.79 Å². The van der Waals surface area contributed by atoms with Crippen molar-refractivity contribution in [2.75, 3.05) is 18.9 Å². The predicted octanol–water partition coefficient (Wildman–Crippen LogP) is 2.55. The first kappa shape index (κ1) is 14.5. The highest BCUT2D eigenvalue weighted by Gasteiger charge is 2.13. The van der Waals surface area contributed by atoms with Gasteiger partial charge in [0.2, 0.25) is 0 Å². The van der Waals surface area contributed by atoms with Gasteiger partial charge in [0, 0.05) is 25.2 Å². The molecule has 0 spiro atoms. The summed E-state index contributed by atoms with van der Waals surface area (Å²) in [5.74, 6) is 0.730. The van der Waals surface area contributed by atoms with E-state index in [0.717, 1.165) is 23.1 Å². The van der Waals surface area contributed by atoms with Crippen molar-refractivity contribution in [1.82, 2.24) is 14.9 Å². The van der Waals surface area contributed by atoms with Gasteiger partial charge in [-0.3, -0.25) is 4.79 Å². The van der Waals surface area contributed by atoms with Gasteiger partial charge in [-0.25, -0.2) is 9.97 Å². The molecule has 0 unspecified atom stereocenters. The van der Waals surface area contributed by atoms with Crippen molar-refractivity contribution < 1.29 is 4.79 Å². The Hall–Kier alpha value is -1.95. The second kappa shape index (κ2) is 6.47. The maximum Gasteiger partial charge on any atom is 0.255 e. The summed E-state index contributed by atoms with van der Waals surface area (Å²) in [6, 6.07) is 3.60. The Morgan fingerprint density at radius 3 is 2.80 bits per heavy atom. The minimum absolute atomic E-state index is 0.0498. The molecule has 6 heteroatoms. The number of rotatable bonds is 5. The average Bonchev–Trinajstić information content (AvgIpc) is 2.84. The Morgan fingerprint density at radius 2 is 2.25 bits per heavy atom. The largest absolute Gasteiger partial charge is 0.370 e. The standard InChI is InChI=1S/C14H18N4OS/c1-4-15-13-6-5-11(7-16-13)14(19)18(3)8-12-9-20-10(2)17-12/h5-7,9H,4,8H2,1-3H3,(H,15,16). The van der Waals surface area contributed by atoms with Crippen molar-refractivity contribution in [2.24, 2.45) is 0 Å². The van der Waals surface area contributed by atoms with E-state index in [0.29, 0.717) is 12.1 Å². The molecule has 0 aliphatic carbocycles. The van der Waals surface area contributed by atoms with Gasteiger partial charge < -0.3 is 10.2 Å². The van der Waals surface area contributed by atoms with E-state index in [-0.39, 0.29) is 5.91 Å². The molecule has 0 bridgehead atoms. The Labute approximate surface area is 122 Å². The Morgan fingerprint density at radius 1 is 1.45 bits per heavy atom. The summed E-state index contributed by atoms with van der Waals surface area (Å²) >= 11 is 1.59. The van der Waals surface area contributed by atoms with Gasteiger partial charge >= 0.3 is 0 Å². The molecule has 0 radical (unpaired) electrons. The lowest BCUT2D eigenvalue weighted by molar-refractivity contribution is 0.0783. The van der Waals surface area contributed by atoms with E-state index in [1.54, 1.807) is 35.5 Å². The van der Waals surface area contributed by atoms with Crippen LogP contribution in [0, 0.1) is 6.92 Å². The van der Waals surface area contributed by atoms with Crippen molar-refractivity contribution in [2.45, 2.75) is 20.4 Å². The minimum atomic E-state index is -0.0498. The number of hydrogen-bond acceptors (Lipinski definition) is 5. The maximum atomic E-state index is 12.3. The number of carbonyl (C=O) groups excluding carboxylic acids is 1. The van der Waals surface area contributed by atoms with E-state index < -0.39 is 0 Å². The summed E-state index contributed by atoms with van der Waals surface area (Å²) in [7, 11) is 1.77. The highest BCUT2D eigenvalue weighted by atomic mass is 32.1. The highest BCUT2D eigenvalue weighted by Crippen LogP contribution is 2.12. The highest BCUT2D eigenvalue weighted by molar-refractivity contribution is 7.09. The van der Waals surface area contributed by atoms with E-state index in [2.05, 4.69) is 15.3 Å². The van der Waals surface area contributed by atoms with Gasteiger partial charge in [0.25, 0.3) is 5.91 Å². The Kier molecular flexibility index (Phi) is 4.68. The molecule has 2 rings (SSSR count). The molecular weight excluding hydrogens is 272 g/mol. The van der Waals surface area contributed by atoms with Gasteiger partial charge in [-0.05, 0) is 26.0 Å². The van der Waals surface area contributed by atoms with Crippen LogP contribution in [0.2, 0.25) is 0 Å². The second-order valence-electron chi connectivity index (χ2n) is 4.48. The topological polar surface area (TPSA) is 58.1 Å². The lowest BCUT2D eigenvalue weighted by atomic mass is 10.2. The van der Waals surface area contributed by atoms with Crippen LogP contribution in [0.15, 0.2) is 23.7 Å². The van der Waals surface area contributed by atoms with Crippen LogP contribution in [0.25, 0.3) is 0 Å². The Bertz CT molecular complexity index is 579. The fraction of sp³-hybridized carbons (Fsp3) is 0.357. The summed E-state index contributed by atoms with van der Waals surface area (Å²) in [5, 5.41) is 6.09. The molecule has 5 nitrogen and oxygen atoms in total. The van der Waals surface area contributed by atoms with Crippen LogP contribution in [0.1, 0.15) is 28.0 Å². The third-order valence-corrected chi connectivity index (χ3v) is 3.60. The molecular formula is C14H18N4OS. The van der Waals surface area contributed by atoms with Crippen molar-refractivity contribution in [3.05, 3.63) is 40.0 Å². The first-order valence-corrected chi connectivity index (χ1v) is 7.34. The lowest BCUT2D eigenvalue weighted by Gasteiger charge is -2.15. The number of thiazole rings is 1. The second-order valence-corrected chi connectivity index (χ2v) is 5.54. The van der Waals surface area contributed by atoms with E-state index in [1.165, 1.54) is 0 Å². The quantitative estimate of drug-likeness (QED) is 0.919. The SMILES string of the molecule is CCNc1ccc(C(=O)N(C)Cc2csc(C)n2)cn1. The van der Waals surface area contributed by atoms with Gasteiger partial charge in [-0.1, -0.05) is 0 Å². The van der Waals surface area contributed by atoms with Crippen LogP contribution >= 0.6 is 11.3 Å². The first-order valence-electron chi connectivity index (χ1n) is 6.46. The molecule has 0 fully saturated rings. The molecule has 0 aromatic carbocycles. The van der Waals surface area contributed by atoms with Crippen LogP contribution in [-0.4, -0.2) is 34.4 Å². The molecule has 0 saturated carbocycles. The van der Waals surface area contributed by atoms with Crippen molar-refractivity contribution >= 4 is 23.1 Å². The van der Waals surface area contributed by atoms with Gasteiger partial charge in [-0.15, -0.1) is 11.3 Å². The number of hydrogen-bond donors (Lipinski definition) is 1. The lowest BCUT2D eigenvalue weighted by Crippen LogP contribution is -2.26. The van der Waals surface area contributed by atoms with Crippen LogP contribution < -0.4 is 5.32 Å². The smallest absolute Gasteiger partial charge is 0.255 e. The zero-order valence-corrected chi connectivity index (χ0v) is 12.7. The number of amides is 1. The molecule has 1 amide bonds. The molecule has 2 aromatic heterocycles. The predicted molar refractivity (Wildman–Crippen MR) is 81.0 cm³/mol. The Balaban J connectivity index is 2.02. The molecule has 0 aliphatic heterocycles. The van der Waals surface area contributed by atoms with E-state index in [1.807, 2.05) is 25.3 Å². The van der Waals surface area contributed by atoms with Gasteiger partial charge in [0.05, 0.1) is 22.8 Å². The zero-order chi connectivity index (χ0) is 14.5. The summed E-state index contributed by atoms with van der Waals surface area (Å²) in [4.78, 5) is 22.5. The van der Waals surface area contributed by atoms with Crippen molar-refractivity contribution in [3.8, 4) is 0 Å². The first-order chi connectivity index (χ1) is 9.60. The number of pyridine rings is 1. The fourth-order valence-electron chi connectivity index (χ4n) is 1.82. The fourth-order valence-corrected chi connectivity index (χ4v) is 2.43. The van der Waals surface area contributed by atoms with E-state index >= 15 is 0 Å². The number of aromatic nitrogens is 2. The number of aryl methyl sites for hydroxylation is 1. The molecule has 106 valence electrons. The third-order valence-electron chi connectivity index (χ3n) is 2.78. The number of nitrogens with zero attached hydrogens (tertiary/aromatic N) is 3. The van der Waals surface area contributed by atoms with Crippen LogP contribution in [-0.2, 0) is 6.54 Å². The van der Waals surface area contributed by atoms with Crippen molar-refractivity contribution in [3.63, 3.8) is 0 Å². The minimum Gasteiger partial charge on any atom is -0.370 e.